The number of non-ortho nitro benzene ring substituents is 1. The predicted molar refractivity (Wildman–Crippen MR) is 142 cm³/mol. The first-order chi connectivity index (χ1) is 18.3. The number of nitro groups is 1. The van der Waals surface area contributed by atoms with E-state index in [4.69, 9.17) is 4.74 Å². The monoisotopic (exact) mass is 511 g/mol. The average molecular weight is 512 g/mol. The number of fused-ring (bicyclic) bond motifs is 1. The topological polar surface area (TPSA) is 126 Å². The fourth-order valence-electron chi connectivity index (χ4n) is 4.83. The third kappa shape index (κ3) is 4.39. The van der Waals surface area contributed by atoms with E-state index < -0.39 is 22.7 Å². The highest BCUT2D eigenvalue weighted by Gasteiger charge is 2.46. The molecule has 38 heavy (non-hydrogen) atoms. The van der Waals surface area contributed by atoms with Gasteiger partial charge in [-0.15, -0.1) is 0 Å². The summed E-state index contributed by atoms with van der Waals surface area (Å²) in [4.78, 5) is 41.9. The molecule has 1 atom stereocenters. The normalized spacial score (nSPS) is 16.8. The number of aromatic amines is 1. The summed E-state index contributed by atoms with van der Waals surface area (Å²) < 4.78 is 5.34. The van der Waals surface area contributed by atoms with Crippen LogP contribution in [0.15, 0.2) is 78.5 Å². The number of likely N-dealkylation sites (tertiary alicyclic amines) is 1. The van der Waals surface area contributed by atoms with Crippen molar-refractivity contribution in [3.05, 3.63) is 111 Å². The van der Waals surface area contributed by atoms with E-state index in [2.05, 4.69) is 4.98 Å². The minimum Gasteiger partial charge on any atom is -0.507 e. The number of ketones is 1. The molecule has 0 radical (unpaired) electrons. The molecular formula is C29H25N3O6. The maximum atomic E-state index is 13.3. The molecule has 1 aromatic heterocycles. The molecule has 1 fully saturated rings. The molecule has 2 N–H and O–H groups in total. The molecule has 0 aliphatic carbocycles. The number of aliphatic hydroxyl groups excluding tert-OH is 1. The number of hydrogen-bond acceptors (Lipinski definition) is 6. The van der Waals surface area contributed by atoms with E-state index in [9.17, 15) is 24.8 Å². The number of aryl methyl sites for hydroxylation is 1. The number of carbonyl (C=O) groups is 2. The number of aromatic nitrogens is 1. The van der Waals surface area contributed by atoms with Crippen molar-refractivity contribution in [2.75, 3.05) is 13.7 Å². The molecular weight excluding hydrogens is 486 g/mol. The zero-order chi connectivity index (χ0) is 27.0. The molecule has 4 aromatic rings. The van der Waals surface area contributed by atoms with Crippen LogP contribution in [-0.4, -0.2) is 45.3 Å². The highest BCUT2D eigenvalue weighted by molar-refractivity contribution is 6.46. The Bertz CT molecular complexity index is 1590. The molecule has 3 aromatic carbocycles. The fraction of sp³-hybridized carbons (Fsp3) is 0.172. The summed E-state index contributed by atoms with van der Waals surface area (Å²) in [5.74, 6) is -1.12. The summed E-state index contributed by atoms with van der Waals surface area (Å²) in [6, 6.07) is 17.4. The molecule has 1 amide bonds. The SMILES string of the molecule is COc1ccc2[nH]cc(CCN3C(=O)C(=O)C(=C(O)c4ccc(C)cc4)[C@H]3c3ccc([N+](=O)[O-])cc3)c2c1. The zero-order valence-corrected chi connectivity index (χ0v) is 20.8. The van der Waals surface area contributed by atoms with Gasteiger partial charge in [-0.05, 0) is 54.8 Å². The lowest BCUT2D eigenvalue weighted by molar-refractivity contribution is -0.384. The van der Waals surface area contributed by atoms with E-state index in [0.717, 1.165) is 22.0 Å². The van der Waals surface area contributed by atoms with Crippen molar-refractivity contribution >= 4 is 34.0 Å². The maximum absolute atomic E-state index is 13.3. The Labute approximate surface area is 218 Å². The van der Waals surface area contributed by atoms with Crippen molar-refractivity contribution in [1.29, 1.82) is 0 Å². The number of Topliss-reactive ketones (excluding diaryl/α,β-unsaturated/α-hetero) is 1. The van der Waals surface area contributed by atoms with Crippen LogP contribution in [0.5, 0.6) is 5.75 Å². The standard InChI is InChI=1S/C29H25N3O6/c1-17-3-5-19(6-4-17)27(33)25-26(18-7-9-21(10-8-18)32(36)37)31(29(35)28(25)34)14-13-20-16-30-24-12-11-22(38-2)15-23(20)24/h3-12,15-16,26,30,33H,13-14H2,1-2H3/t26-/m1/s1. The van der Waals surface area contributed by atoms with Crippen molar-refractivity contribution in [3.8, 4) is 5.75 Å². The first-order valence-corrected chi connectivity index (χ1v) is 12.0. The smallest absolute Gasteiger partial charge is 0.295 e. The second-order valence-corrected chi connectivity index (χ2v) is 9.18. The molecule has 1 saturated heterocycles. The largest absolute Gasteiger partial charge is 0.507 e. The first-order valence-electron chi connectivity index (χ1n) is 12.0. The summed E-state index contributed by atoms with van der Waals surface area (Å²) in [6.45, 7) is 2.08. The Kier molecular flexibility index (Phi) is 6.42. The van der Waals surface area contributed by atoms with Gasteiger partial charge in [-0.25, -0.2) is 0 Å². The van der Waals surface area contributed by atoms with Gasteiger partial charge in [0, 0.05) is 41.3 Å². The summed E-state index contributed by atoms with van der Waals surface area (Å²) >= 11 is 0. The van der Waals surface area contributed by atoms with Crippen LogP contribution in [0.1, 0.15) is 28.3 Å². The minimum atomic E-state index is -0.906. The van der Waals surface area contributed by atoms with Crippen LogP contribution in [0.2, 0.25) is 0 Å². The number of benzene rings is 3. The van der Waals surface area contributed by atoms with Crippen LogP contribution in [0, 0.1) is 17.0 Å². The van der Waals surface area contributed by atoms with Gasteiger partial charge in [-0.2, -0.15) is 0 Å². The number of rotatable bonds is 7. The summed E-state index contributed by atoms with van der Waals surface area (Å²) in [5.41, 5.74) is 3.55. The highest BCUT2D eigenvalue weighted by atomic mass is 16.6. The van der Waals surface area contributed by atoms with Gasteiger partial charge in [0.05, 0.1) is 23.6 Å². The van der Waals surface area contributed by atoms with Crippen LogP contribution in [-0.2, 0) is 16.0 Å². The number of ether oxygens (including phenoxy) is 1. The molecule has 0 saturated carbocycles. The van der Waals surface area contributed by atoms with Gasteiger partial charge in [0.2, 0.25) is 0 Å². The molecule has 9 nitrogen and oxygen atoms in total. The number of methoxy groups -OCH3 is 1. The van der Waals surface area contributed by atoms with Gasteiger partial charge in [0.25, 0.3) is 17.4 Å². The van der Waals surface area contributed by atoms with Gasteiger partial charge < -0.3 is 19.7 Å². The molecule has 192 valence electrons. The summed E-state index contributed by atoms with van der Waals surface area (Å²) in [7, 11) is 1.59. The second kappa shape index (κ2) is 9.85. The van der Waals surface area contributed by atoms with Gasteiger partial charge in [-0.3, -0.25) is 19.7 Å². The Morgan fingerprint density at radius 2 is 1.79 bits per heavy atom. The molecule has 9 heteroatoms. The Morgan fingerprint density at radius 1 is 1.08 bits per heavy atom. The molecule has 1 aliphatic rings. The number of H-pyrrole nitrogens is 1. The van der Waals surface area contributed by atoms with Crippen molar-refractivity contribution < 1.29 is 24.4 Å². The predicted octanol–water partition coefficient (Wildman–Crippen LogP) is 5.06. The molecule has 0 spiro atoms. The first kappa shape index (κ1) is 24.8. The highest BCUT2D eigenvalue weighted by Crippen LogP contribution is 2.40. The minimum absolute atomic E-state index is 0.0479. The lowest BCUT2D eigenvalue weighted by Crippen LogP contribution is -2.31. The van der Waals surface area contributed by atoms with E-state index in [-0.39, 0.29) is 23.6 Å². The van der Waals surface area contributed by atoms with Gasteiger partial charge in [-0.1, -0.05) is 29.8 Å². The van der Waals surface area contributed by atoms with Crippen LogP contribution in [0.25, 0.3) is 16.7 Å². The van der Waals surface area contributed by atoms with Gasteiger partial charge >= 0.3 is 0 Å². The van der Waals surface area contributed by atoms with Crippen molar-refractivity contribution in [2.45, 2.75) is 19.4 Å². The molecule has 0 unspecified atom stereocenters. The average Bonchev–Trinajstić information content (AvgIpc) is 3.44. The summed E-state index contributed by atoms with van der Waals surface area (Å²) in [5, 5.41) is 23.3. The third-order valence-corrected chi connectivity index (χ3v) is 6.88. The van der Waals surface area contributed by atoms with Crippen molar-refractivity contribution in [2.24, 2.45) is 0 Å². The van der Waals surface area contributed by atoms with E-state index in [1.54, 1.807) is 31.4 Å². The van der Waals surface area contributed by atoms with Crippen molar-refractivity contribution in [3.63, 3.8) is 0 Å². The number of nitrogens with one attached hydrogen (secondary N) is 1. The fourth-order valence-corrected chi connectivity index (χ4v) is 4.83. The number of nitrogens with zero attached hydrogens (tertiary/aromatic N) is 2. The van der Waals surface area contributed by atoms with Crippen LogP contribution < -0.4 is 4.74 Å². The molecule has 0 bridgehead atoms. The zero-order valence-electron chi connectivity index (χ0n) is 20.8. The molecule has 2 heterocycles. The number of aliphatic hydroxyl groups is 1. The lowest BCUT2D eigenvalue weighted by Gasteiger charge is -2.25. The van der Waals surface area contributed by atoms with E-state index in [1.165, 1.54) is 29.2 Å². The lowest BCUT2D eigenvalue weighted by atomic mass is 9.94. The van der Waals surface area contributed by atoms with E-state index in [0.29, 0.717) is 23.3 Å². The molecule has 1 aliphatic heterocycles. The summed E-state index contributed by atoms with van der Waals surface area (Å²) in [6.07, 6.45) is 2.28. The van der Waals surface area contributed by atoms with Crippen LogP contribution in [0.3, 0.4) is 0 Å². The van der Waals surface area contributed by atoms with E-state index in [1.807, 2.05) is 31.3 Å². The maximum Gasteiger partial charge on any atom is 0.295 e. The number of carbonyl (C=O) groups excluding carboxylic acids is 2. The van der Waals surface area contributed by atoms with Crippen LogP contribution >= 0.6 is 0 Å². The van der Waals surface area contributed by atoms with E-state index >= 15 is 0 Å². The second-order valence-electron chi connectivity index (χ2n) is 9.18. The van der Waals surface area contributed by atoms with Gasteiger partial charge in [0.1, 0.15) is 11.5 Å². The Hall–Kier alpha value is -4.92. The quantitative estimate of drug-likeness (QED) is 0.117. The Balaban J connectivity index is 1.56. The number of nitro benzene ring substituents is 1. The third-order valence-electron chi connectivity index (χ3n) is 6.88. The van der Waals surface area contributed by atoms with Crippen molar-refractivity contribution in [1.82, 2.24) is 9.88 Å². The number of amides is 1. The Morgan fingerprint density at radius 3 is 2.45 bits per heavy atom. The van der Waals surface area contributed by atoms with Crippen LogP contribution in [0.4, 0.5) is 5.69 Å². The molecule has 5 rings (SSSR count). The van der Waals surface area contributed by atoms with Gasteiger partial charge in [0.15, 0.2) is 0 Å². The number of hydrogen-bond donors (Lipinski definition) is 2.